The minimum atomic E-state index is -0.101. The largest absolute Gasteiger partial charge is 0.298 e. The SMILES string of the molecule is CCc1nc(NC(=O)c2ccccc2I)sc1C. The fraction of sp³-hybridized carbons (Fsp3) is 0.231. The van der Waals surface area contributed by atoms with Crippen molar-refractivity contribution in [3.05, 3.63) is 44.0 Å². The summed E-state index contributed by atoms with van der Waals surface area (Å²) < 4.78 is 0.941. The lowest BCUT2D eigenvalue weighted by Crippen LogP contribution is -2.13. The molecule has 0 aliphatic carbocycles. The van der Waals surface area contributed by atoms with Crippen LogP contribution in [0.1, 0.15) is 27.9 Å². The Morgan fingerprint density at radius 2 is 2.17 bits per heavy atom. The van der Waals surface area contributed by atoms with Crippen molar-refractivity contribution in [2.45, 2.75) is 20.3 Å². The molecular weight excluding hydrogens is 359 g/mol. The maximum Gasteiger partial charge on any atom is 0.258 e. The fourth-order valence-corrected chi connectivity index (χ4v) is 3.15. The van der Waals surface area contributed by atoms with Gasteiger partial charge in [0, 0.05) is 8.45 Å². The minimum absolute atomic E-state index is 0.101. The lowest BCUT2D eigenvalue weighted by molar-refractivity contribution is 0.102. The second kappa shape index (κ2) is 5.79. The van der Waals surface area contributed by atoms with Gasteiger partial charge < -0.3 is 0 Å². The molecule has 0 bridgehead atoms. The summed E-state index contributed by atoms with van der Waals surface area (Å²) in [6, 6.07) is 7.52. The highest BCUT2D eigenvalue weighted by Gasteiger charge is 2.12. The first-order valence-electron chi connectivity index (χ1n) is 5.64. The number of benzene rings is 1. The summed E-state index contributed by atoms with van der Waals surface area (Å²) in [4.78, 5) is 17.7. The van der Waals surface area contributed by atoms with Crippen molar-refractivity contribution in [3.63, 3.8) is 0 Å². The first kappa shape index (κ1) is 13.5. The number of halogens is 1. The Labute approximate surface area is 124 Å². The summed E-state index contributed by atoms with van der Waals surface area (Å²) >= 11 is 3.68. The van der Waals surface area contributed by atoms with E-state index in [1.165, 1.54) is 11.3 Å². The normalized spacial score (nSPS) is 10.4. The van der Waals surface area contributed by atoms with E-state index in [2.05, 4.69) is 39.8 Å². The van der Waals surface area contributed by atoms with Crippen LogP contribution in [0.5, 0.6) is 0 Å². The lowest BCUT2D eigenvalue weighted by atomic mass is 10.2. The number of aryl methyl sites for hydroxylation is 2. The Morgan fingerprint density at radius 3 is 2.78 bits per heavy atom. The van der Waals surface area contributed by atoms with E-state index in [4.69, 9.17) is 0 Å². The minimum Gasteiger partial charge on any atom is -0.298 e. The van der Waals surface area contributed by atoms with Gasteiger partial charge in [0.25, 0.3) is 5.91 Å². The number of rotatable bonds is 3. The maximum absolute atomic E-state index is 12.1. The Hall–Kier alpha value is -0.950. The molecule has 1 heterocycles. The van der Waals surface area contributed by atoms with Crippen LogP contribution in [0.15, 0.2) is 24.3 Å². The highest BCUT2D eigenvalue weighted by atomic mass is 127. The Morgan fingerprint density at radius 1 is 1.44 bits per heavy atom. The average molecular weight is 372 g/mol. The molecule has 0 aliphatic heterocycles. The topological polar surface area (TPSA) is 42.0 Å². The highest BCUT2D eigenvalue weighted by Crippen LogP contribution is 2.23. The van der Waals surface area contributed by atoms with Crippen LogP contribution >= 0.6 is 33.9 Å². The maximum atomic E-state index is 12.1. The molecule has 2 aromatic rings. The smallest absolute Gasteiger partial charge is 0.258 e. The standard InChI is InChI=1S/C13H13IN2OS/c1-3-11-8(2)18-13(15-11)16-12(17)9-6-4-5-7-10(9)14/h4-7H,3H2,1-2H3,(H,15,16,17). The Bertz CT molecular complexity index is 580. The predicted molar refractivity (Wildman–Crippen MR) is 83.3 cm³/mol. The van der Waals surface area contributed by atoms with Gasteiger partial charge in [-0.05, 0) is 48.1 Å². The van der Waals surface area contributed by atoms with Crippen LogP contribution in [0.2, 0.25) is 0 Å². The fourth-order valence-electron chi connectivity index (χ4n) is 1.62. The van der Waals surface area contributed by atoms with E-state index in [1.807, 2.05) is 31.2 Å². The molecule has 18 heavy (non-hydrogen) atoms. The molecule has 1 N–H and O–H groups in total. The van der Waals surface area contributed by atoms with Crippen molar-refractivity contribution < 1.29 is 4.79 Å². The molecule has 1 aromatic heterocycles. The molecule has 0 unspecified atom stereocenters. The van der Waals surface area contributed by atoms with Gasteiger partial charge in [0.2, 0.25) is 0 Å². The number of carbonyl (C=O) groups excluding carboxylic acids is 1. The van der Waals surface area contributed by atoms with Gasteiger partial charge in [-0.25, -0.2) is 4.98 Å². The van der Waals surface area contributed by atoms with E-state index in [0.717, 1.165) is 20.6 Å². The summed E-state index contributed by atoms with van der Waals surface area (Å²) in [5, 5.41) is 3.53. The number of hydrogen-bond donors (Lipinski definition) is 1. The van der Waals surface area contributed by atoms with Crippen LogP contribution in [-0.2, 0) is 6.42 Å². The third kappa shape index (κ3) is 2.89. The molecule has 0 radical (unpaired) electrons. The predicted octanol–water partition coefficient (Wildman–Crippen LogP) is 3.87. The number of anilines is 1. The van der Waals surface area contributed by atoms with E-state index in [0.29, 0.717) is 10.7 Å². The van der Waals surface area contributed by atoms with Gasteiger partial charge >= 0.3 is 0 Å². The van der Waals surface area contributed by atoms with Crippen molar-refractivity contribution >= 4 is 45.0 Å². The van der Waals surface area contributed by atoms with Crippen LogP contribution in [0.4, 0.5) is 5.13 Å². The number of aromatic nitrogens is 1. The first-order valence-corrected chi connectivity index (χ1v) is 7.53. The number of carbonyl (C=O) groups is 1. The second-order valence-electron chi connectivity index (χ2n) is 3.81. The Balaban J connectivity index is 2.19. The third-order valence-electron chi connectivity index (χ3n) is 2.57. The van der Waals surface area contributed by atoms with Crippen LogP contribution < -0.4 is 5.32 Å². The summed E-state index contributed by atoms with van der Waals surface area (Å²) in [5.74, 6) is -0.101. The molecule has 5 heteroatoms. The van der Waals surface area contributed by atoms with E-state index in [1.54, 1.807) is 0 Å². The van der Waals surface area contributed by atoms with Crippen LogP contribution in [0.25, 0.3) is 0 Å². The zero-order valence-corrected chi connectivity index (χ0v) is 13.1. The molecule has 3 nitrogen and oxygen atoms in total. The van der Waals surface area contributed by atoms with E-state index in [9.17, 15) is 4.79 Å². The third-order valence-corrected chi connectivity index (χ3v) is 4.44. The van der Waals surface area contributed by atoms with Gasteiger partial charge in [-0.1, -0.05) is 19.1 Å². The average Bonchev–Trinajstić information content (AvgIpc) is 2.69. The summed E-state index contributed by atoms with van der Waals surface area (Å²) in [6.07, 6.45) is 0.890. The van der Waals surface area contributed by atoms with Gasteiger partial charge in [-0.3, -0.25) is 10.1 Å². The van der Waals surface area contributed by atoms with Crippen molar-refractivity contribution in [1.82, 2.24) is 4.98 Å². The molecule has 0 atom stereocenters. The summed E-state index contributed by atoms with van der Waals surface area (Å²) in [6.45, 7) is 4.09. The van der Waals surface area contributed by atoms with Crippen molar-refractivity contribution in [3.8, 4) is 0 Å². The monoisotopic (exact) mass is 372 g/mol. The lowest BCUT2D eigenvalue weighted by Gasteiger charge is -2.03. The molecule has 1 aromatic carbocycles. The van der Waals surface area contributed by atoms with Gasteiger partial charge in [-0.15, -0.1) is 11.3 Å². The molecule has 0 fully saturated rings. The molecule has 1 amide bonds. The Kier molecular flexibility index (Phi) is 4.34. The zero-order valence-electron chi connectivity index (χ0n) is 10.2. The first-order chi connectivity index (χ1) is 8.61. The molecule has 0 saturated carbocycles. The number of hydrogen-bond acceptors (Lipinski definition) is 3. The molecule has 2 rings (SSSR count). The van der Waals surface area contributed by atoms with Gasteiger partial charge in [0.1, 0.15) is 0 Å². The van der Waals surface area contributed by atoms with Crippen molar-refractivity contribution in [2.75, 3.05) is 5.32 Å². The zero-order chi connectivity index (χ0) is 13.1. The molecule has 0 saturated heterocycles. The van der Waals surface area contributed by atoms with Crippen LogP contribution in [0, 0.1) is 10.5 Å². The highest BCUT2D eigenvalue weighted by molar-refractivity contribution is 14.1. The molecule has 0 spiro atoms. The molecule has 0 aliphatic rings. The quantitative estimate of drug-likeness (QED) is 0.832. The van der Waals surface area contributed by atoms with Gasteiger partial charge in [0.05, 0.1) is 11.3 Å². The number of nitrogens with one attached hydrogen (secondary N) is 1. The van der Waals surface area contributed by atoms with E-state index in [-0.39, 0.29) is 5.91 Å². The molecule has 94 valence electrons. The van der Waals surface area contributed by atoms with Crippen LogP contribution in [-0.4, -0.2) is 10.9 Å². The number of thiazole rings is 1. The molecular formula is C13H13IN2OS. The van der Waals surface area contributed by atoms with Crippen LogP contribution in [0.3, 0.4) is 0 Å². The van der Waals surface area contributed by atoms with Gasteiger partial charge in [-0.2, -0.15) is 0 Å². The van der Waals surface area contributed by atoms with Crippen molar-refractivity contribution in [2.24, 2.45) is 0 Å². The summed E-state index contributed by atoms with van der Waals surface area (Å²) in [5.41, 5.74) is 1.74. The van der Waals surface area contributed by atoms with E-state index < -0.39 is 0 Å². The number of amides is 1. The van der Waals surface area contributed by atoms with Crippen molar-refractivity contribution in [1.29, 1.82) is 0 Å². The number of nitrogens with zero attached hydrogens (tertiary/aromatic N) is 1. The van der Waals surface area contributed by atoms with E-state index >= 15 is 0 Å². The van der Waals surface area contributed by atoms with Gasteiger partial charge in [0.15, 0.2) is 5.13 Å². The summed E-state index contributed by atoms with van der Waals surface area (Å²) in [7, 11) is 0. The second-order valence-corrected chi connectivity index (χ2v) is 6.17.